The Bertz CT molecular complexity index is 532. The molecular weight excluding hydrogens is 238 g/mol. The van der Waals surface area contributed by atoms with Crippen molar-refractivity contribution < 1.29 is 0 Å². The number of hydrogen-bond acceptors (Lipinski definition) is 4. The third-order valence-corrected chi connectivity index (χ3v) is 3.00. The van der Waals surface area contributed by atoms with Gasteiger partial charge in [-0.05, 0) is 32.4 Å². The summed E-state index contributed by atoms with van der Waals surface area (Å²) in [7, 11) is 1.87. The van der Waals surface area contributed by atoms with Gasteiger partial charge in [-0.2, -0.15) is 5.10 Å². The minimum absolute atomic E-state index is 0.878. The number of anilines is 2. The van der Waals surface area contributed by atoms with Gasteiger partial charge in [0.1, 0.15) is 5.82 Å². The van der Waals surface area contributed by atoms with E-state index in [9.17, 15) is 0 Å². The Morgan fingerprint density at radius 1 is 1.26 bits per heavy atom. The lowest BCUT2D eigenvalue weighted by molar-refractivity contribution is 0.574. The molecule has 0 aromatic carbocycles. The second-order valence-corrected chi connectivity index (χ2v) is 4.61. The molecule has 5 nitrogen and oxygen atoms in total. The normalized spacial score (nSPS) is 10.5. The molecule has 0 spiro atoms. The van der Waals surface area contributed by atoms with E-state index in [2.05, 4.69) is 38.4 Å². The molecule has 0 unspecified atom stereocenters. The number of aromatic nitrogens is 3. The van der Waals surface area contributed by atoms with Crippen molar-refractivity contribution in [1.82, 2.24) is 14.8 Å². The SMILES string of the molecule is CNc1cc(NCCCn2nc(C)cc2C)ccn1. The van der Waals surface area contributed by atoms with E-state index >= 15 is 0 Å². The molecule has 19 heavy (non-hydrogen) atoms. The van der Waals surface area contributed by atoms with E-state index in [1.54, 1.807) is 6.20 Å². The highest BCUT2D eigenvalue weighted by molar-refractivity contribution is 5.51. The second kappa shape index (κ2) is 6.22. The molecule has 5 heteroatoms. The summed E-state index contributed by atoms with van der Waals surface area (Å²) in [5, 5.41) is 10.9. The van der Waals surface area contributed by atoms with E-state index in [1.165, 1.54) is 5.69 Å². The van der Waals surface area contributed by atoms with Crippen LogP contribution in [-0.4, -0.2) is 28.4 Å². The lowest BCUT2D eigenvalue weighted by atomic mass is 10.3. The van der Waals surface area contributed by atoms with Gasteiger partial charge in [-0.3, -0.25) is 4.68 Å². The molecule has 0 bridgehead atoms. The fraction of sp³-hybridized carbons (Fsp3) is 0.429. The fourth-order valence-electron chi connectivity index (χ4n) is 2.04. The van der Waals surface area contributed by atoms with Crippen molar-refractivity contribution in [3.8, 4) is 0 Å². The van der Waals surface area contributed by atoms with Crippen LogP contribution in [0.2, 0.25) is 0 Å². The smallest absolute Gasteiger partial charge is 0.127 e. The fourth-order valence-corrected chi connectivity index (χ4v) is 2.04. The predicted molar refractivity (Wildman–Crippen MR) is 78.6 cm³/mol. The van der Waals surface area contributed by atoms with Crippen LogP contribution in [0.15, 0.2) is 24.4 Å². The molecule has 0 aliphatic carbocycles. The van der Waals surface area contributed by atoms with E-state index in [1.807, 2.05) is 26.1 Å². The summed E-state index contributed by atoms with van der Waals surface area (Å²) in [4.78, 5) is 4.18. The van der Waals surface area contributed by atoms with Crippen LogP contribution in [0.5, 0.6) is 0 Å². The molecule has 0 atom stereocenters. The molecule has 2 rings (SSSR count). The Morgan fingerprint density at radius 3 is 2.79 bits per heavy atom. The Hall–Kier alpha value is -2.04. The third-order valence-electron chi connectivity index (χ3n) is 3.00. The van der Waals surface area contributed by atoms with Gasteiger partial charge in [0.05, 0.1) is 5.69 Å². The molecule has 2 aromatic heterocycles. The highest BCUT2D eigenvalue weighted by atomic mass is 15.3. The molecule has 0 fully saturated rings. The second-order valence-electron chi connectivity index (χ2n) is 4.61. The monoisotopic (exact) mass is 259 g/mol. The summed E-state index contributed by atoms with van der Waals surface area (Å²) in [6.45, 7) is 5.98. The van der Waals surface area contributed by atoms with Crippen molar-refractivity contribution >= 4 is 11.5 Å². The minimum atomic E-state index is 0.878. The van der Waals surface area contributed by atoms with Crippen LogP contribution < -0.4 is 10.6 Å². The van der Waals surface area contributed by atoms with Crippen LogP contribution in [0.25, 0.3) is 0 Å². The van der Waals surface area contributed by atoms with Crippen molar-refractivity contribution in [1.29, 1.82) is 0 Å². The van der Waals surface area contributed by atoms with E-state index in [-0.39, 0.29) is 0 Å². The Morgan fingerprint density at radius 2 is 2.11 bits per heavy atom. The number of pyridine rings is 1. The highest BCUT2D eigenvalue weighted by Crippen LogP contribution is 2.11. The van der Waals surface area contributed by atoms with Crippen molar-refractivity contribution in [2.45, 2.75) is 26.8 Å². The lowest BCUT2D eigenvalue weighted by Gasteiger charge is -2.08. The number of aryl methyl sites for hydroxylation is 3. The van der Waals surface area contributed by atoms with Gasteiger partial charge in [0.15, 0.2) is 0 Å². The maximum Gasteiger partial charge on any atom is 0.127 e. The summed E-state index contributed by atoms with van der Waals surface area (Å²) < 4.78 is 2.06. The summed E-state index contributed by atoms with van der Waals surface area (Å²) in [6.07, 6.45) is 2.84. The molecular formula is C14H21N5. The van der Waals surface area contributed by atoms with Crippen LogP contribution in [0.4, 0.5) is 11.5 Å². The zero-order valence-electron chi connectivity index (χ0n) is 11.8. The quantitative estimate of drug-likeness (QED) is 0.782. The molecule has 0 saturated carbocycles. The van der Waals surface area contributed by atoms with E-state index in [4.69, 9.17) is 0 Å². The predicted octanol–water partition coefficient (Wildman–Crippen LogP) is 2.44. The molecule has 0 saturated heterocycles. The first kappa shape index (κ1) is 13.4. The van der Waals surface area contributed by atoms with Gasteiger partial charge < -0.3 is 10.6 Å². The van der Waals surface area contributed by atoms with Gasteiger partial charge in [0, 0.05) is 43.8 Å². The van der Waals surface area contributed by atoms with Gasteiger partial charge in [-0.25, -0.2) is 4.98 Å². The van der Waals surface area contributed by atoms with Gasteiger partial charge in [-0.1, -0.05) is 0 Å². The number of hydrogen-bond donors (Lipinski definition) is 2. The van der Waals surface area contributed by atoms with Crippen LogP contribution in [0, 0.1) is 13.8 Å². The Kier molecular flexibility index (Phi) is 4.39. The summed E-state index contributed by atoms with van der Waals surface area (Å²) >= 11 is 0. The van der Waals surface area contributed by atoms with Gasteiger partial charge in [0.2, 0.25) is 0 Å². The summed E-state index contributed by atoms with van der Waals surface area (Å²) in [5.41, 5.74) is 3.39. The van der Waals surface area contributed by atoms with Crippen LogP contribution in [0.1, 0.15) is 17.8 Å². The Labute approximate surface area is 114 Å². The van der Waals surface area contributed by atoms with Crippen molar-refractivity contribution in [2.75, 3.05) is 24.2 Å². The van der Waals surface area contributed by atoms with Crippen molar-refractivity contribution in [3.05, 3.63) is 35.8 Å². The minimum Gasteiger partial charge on any atom is -0.385 e. The number of rotatable bonds is 6. The molecule has 0 aliphatic heterocycles. The zero-order chi connectivity index (χ0) is 13.7. The first-order valence-corrected chi connectivity index (χ1v) is 6.58. The Balaban J connectivity index is 1.79. The topological polar surface area (TPSA) is 54.8 Å². The highest BCUT2D eigenvalue weighted by Gasteiger charge is 2.00. The number of nitrogens with one attached hydrogen (secondary N) is 2. The van der Waals surface area contributed by atoms with Crippen molar-refractivity contribution in [3.63, 3.8) is 0 Å². The molecule has 2 N–H and O–H groups in total. The maximum atomic E-state index is 4.45. The maximum absolute atomic E-state index is 4.45. The summed E-state index contributed by atoms with van der Waals surface area (Å²) in [6, 6.07) is 6.09. The number of nitrogens with zero attached hydrogens (tertiary/aromatic N) is 3. The first-order chi connectivity index (χ1) is 9.19. The van der Waals surface area contributed by atoms with Crippen LogP contribution in [-0.2, 0) is 6.54 Å². The average molecular weight is 259 g/mol. The molecule has 0 amide bonds. The molecule has 102 valence electrons. The molecule has 2 aromatic rings. The van der Waals surface area contributed by atoms with Gasteiger partial charge in [0.25, 0.3) is 0 Å². The van der Waals surface area contributed by atoms with Crippen LogP contribution in [0.3, 0.4) is 0 Å². The third kappa shape index (κ3) is 3.71. The largest absolute Gasteiger partial charge is 0.385 e. The van der Waals surface area contributed by atoms with Crippen LogP contribution >= 0.6 is 0 Å². The first-order valence-electron chi connectivity index (χ1n) is 6.58. The lowest BCUT2D eigenvalue weighted by Crippen LogP contribution is -2.09. The van der Waals surface area contributed by atoms with E-state index in [0.717, 1.165) is 36.7 Å². The van der Waals surface area contributed by atoms with E-state index < -0.39 is 0 Å². The summed E-state index contributed by atoms with van der Waals surface area (Å²) in [5.74, 6) is 0.878. The van der Waals surface area contributed by atoms with Gasteiger partial charge >= 0.3 is 0 Å². The van der Waals surface area contributed by atoms with Crippen molar-refractivity contribution in [2.24, 2.45) is 0 Å². The van der Waals surface area contributed by atoms with E-state index in [0.29, 0.717) is 0 Å². The molecule has 0 radical (unpaired) electrons. The standard InChI is InChI=1S/C14H21N5/c1-11-9-12(2)19(18-11)8-4-6-16-13-5-7-17-14(10-13)15-3/h5,7,9-10H,4,6,8H2,1-3H3,(H2,15,16,17). The zero-order valence-corrected chi connectivity index (χ0v) is 11.8. The molecule has 2 heterocycles. The molecule has 0 aliphatic rings. The van der Waals surface area contributed by atoms with Gasteiger partial charge in [-0.15, -0.1) is 0 Å². The average Bonchev–Trinajstić information content (AvgIpc) is 2.73.